The lowest BCUT2D eigenvalue weighted by molar-refractivity contribution is -0.0672. The van der Waals surface area contributed by atoms with Crippen molar-refractivity contribution >= 4 is 6.08 Å². The zero-order chi connectivity index (χ0) is 9.64. The van der Waals surface area contributed by atoms with Gasteiger partial charge in [0.25, 0.3) is 0 Å². The summed E-state index contributed by atoms with van der Waals surface area (Å²) in [6.07, 6.45) is 4.23. The fraction of sp³-hybridized carbons (Fsp3) is 0.333. The van der Waals surface area contributed by atoms with Crippen LogP contribution in [-0.2, 0) is 9.47 Å². The van der Waals surface area contributed by atoms with E-state index >= 15 is 0 Å². The Kier molecular flexibility index (Phi) is 3.33. The summed E-state index contributed by atoms with van der Waals surface area (Å²) >= 11 is 0. The molecule has 1 aliphatic heterocycles. The molecule has 1 fully saturated rings. The molecule has 2 rings (SSSR count). The van der Waals surface area contributed by atoms with E-state index in [0.29, 0.717) is 13.2 Å². The molecule has 1 atom stereocenters. The number of ether oxygens (including phenoxy) is 2. The topological polar surface area (TPSA) is 18.5 Å². The van der Waals surface area contributed by atoms with Crippen LogP contribution in [0.15, 0.2) is 36.4 Å². The standard InChI is InChI=1S/C12H14O2/c1-2-4-11(5-3-1)6-7-12-10-13-8-9-14-12/h1-7,12H,8-10H2/b7-6+/t12-/m1/s1. The molecule has 1 saturated heterocycles. The van der Waals surface area contributed by atoms with Gasteiger partial charge >= 0.3 is 0 Å². The van der Waals surface area contributed by atoms with Crippen LogP contribution in [-0.4, -0.2) is 25.9 Å². The highest BCUT2D eigenvalue weighted by Gasteiger charge is 2.09. The number of benzene rings is 1. The van der Waals surface area contributed by atoms with Gasteiger partial charge in [0.1, 0.15) is 0 Å². The highest BCUT2D eigenvalue weighted by molar-refractivity contribution is 5.49. The van der Waals surface area contributed by atoms with Crippen LogP contribution >= 0.6 is 0 Å². The summed E-state index contributed by atoms with van der Waals surface area (Å²) < 4.78 is 10.8. The lowest BCUT2D eigenvalue weighted by atomic mass is 10.2. The van der Waals surface area contributed by atoms with Gasteiger partial charge in [-0.15, -0.1) is 0 Å². The van der Waals surface area contributed by atoms with Crippen molar-refractivity contribution in [3.63, 3.8) is 0 Å². The fourth-order valence-corrected chi connectivity index (χ4v) is 1.40. The van der Waals surface area contributed by atoms with Gasteiger partial charge in [-0.05, 0) is 5.56 Å². The lowest BCUT2D eigenvalue weighted by Gasteiger charge is -2.19. The first-order chi connectivity index (χ1) is 6.95. The maximum absolute atomic E-state index is 5.49. The van der Waals surface area contributed by atoms with Crippen LogP contribution in [0.4, 0.5) is 0 Å². The van der Waals surface area contributed by atoms with Crippen molar-refractivity contribution in [1.29, 1.82) is 0 Å². The molecule has 74 valence electrons. The first-order valence-electron chi connectivity index (χ1n) is 4.88. The molecular formula is C12H14O2. The summed E-state index contributed by atoms with van der Waals surface area (Å²) in [5.74, 6) is 0. The minimum atomic E-state index is 0.115. The summed E-state index contributed by atoms with van der Waals surface area (Å²) in [5, 5.41) is 0. The second kappa shape index (κ2) is 4.94. The molecule has 0 amide bonds. The second-order valence-electron chi connectivity index (χ2n) is 3.25. The van der Waals surface area contributed by atoms with Gasteiger partial charge in [-0.25, -0.2) is 0 Å². The van der Waals surface area contributed by atoms with Gasteiger partial charge in [0, 0.05) is 0 Å². The van der Waals surface area contributed by atoms with E-state index in [4.69, 9.17) is 9.47 Å². The Bertz CT molecular complexity index is 286. The van der Waals surface area contributed by atoms with Gasteiger partial charge in [0.15, 0.2) is 0 Å². The summed E-state index contributed by atoms with van der Waals surface area (Å²) in [5.41, 5.74) is 1.20. The largest absolute Gasteiger partial charge is 0.376 e. The first kappa shape index (κ1) is 9.44. The van der Waals surface area contributed by atoms with E-state index < -0.39 is 0 Å². The molecule has 2 nitrogen and oxygen atoms in total. The molecule has 0 saturated carbocycles. The number of hydrogen-bond acceptors (Lipinski definition) is 2. The van der Waals surface area contributed by atoms with E-state index in [1.807, 2.05) is 18.2 Å². The maximum atomic E-state index is 5.49. The van der Waals surface area contributed by atoms with Crippen molar-refractivity contribution < 1.29 is 9.47 Å². The minimum Gasteiger partial charge on any atom is -0.376 e. The Hall–Kier alpha value is -1.12. The third kappa shape index (κ3) is 2.69. The first-order valence-corrected chi connectivity index (χ1v) is 4.88. The average Bonchev–Trinajstić information content (AvgIpc) is 2.29. The second-order valence-corrected chi connectivity index (χ2v) is 3.25. The monoisotopic (exact) mass is 190 g/mol. The Labute approximate surface area is 84.2 Å². The predicted octanol–water partition coefficient (Wildman–Crippen LogP) is 2.12. The zero-order valence-corrected chi connectivity index (χ0v) is 8.06. The third-order valence-electron chi connectivity index (χ3n) is 2.14. The van der Waals surface area contributed by atoms with Crippen molar-refractivity contribution in [2.45, 2.75) is 6.10 Å². The van der Waals surface area contributed by atoms with E-state index in [1.54, 1.807) is 0 Å². The molecule has 0 unspecified atom stereocenters. The van der Waals surface area contributed by atoms with Gasteiger partial charge in [-0.2, -0.15) is 0 Å². The van der Waals surface area contributed by atoms with E-state index in [0.717, 1.165) is 6.61 Å². The Morgan fingerprint density at radius 2 is 2.00 bits per heavy atom. The molecule has 1 aromatic carbocycles. The van der Waals surface area contributed by atoms with Crippen molar-refractivity contribution in [3.05, 3.63) is 42.0 Å². The highest BCUT2D eigenvalue weighted by Crippen LogP contribution is 2.06. The van der Waals surface area contributed by atoms with E-state index in [1.165, 1.54) is 5.56 Å². The highest BCUT2D eigenvalue weighted by atomic mass is 16.6. The molecule has 0 aromatic heterocycles. The molecule has 0 N–H and O–H groups in total. The molecule has 1 heterocycles. The summed E-state index contributed by atoms with van der Waals surface area (Å²) in [6, 6.07) is 10.2. The van der Waals surface area contributed by atoms with E-state index in [2.05, 4.69) is 24.3 Å². The number of rotatable bonds is 2. The molecule has 0 spiro atoms. The maximum Gasteiger partial charge on any atom is 0.0993 e. The molecular weight excluding hydrogens is 176 g/mol. The smallest absolute Gasteiger partial charge is 0.0993 e. The molecule has 1 aromatic rings. The van der Waals surface area contributed by atoms with Crippen LogP contribution in [0.5, 0.6) is 0 Å². The predicted molar refractivity (Wildman–Crippen MR) is 56.0 cm³/mol. The van der Waals surface area contributed by atoms with Crippen LogP contribution in [0, 0.1) is 0 Å². The van der Waals surface area contributed by atoms with Gasteiger partial charge < -0.3 is 9.47 Å². The van der Waals surface area contributed by atoms with E-state index in [-0.39, 0.29) is 6.10 Å². The summed E-state index contributed by atoms with van der Waals surface area (Å²) in [7, 11) is 0. The summed E-state index contributed by atoms with van der Waals surface area (Å²) in [6.45, 7) is 2.09. The molecule has 0 aliphatic carbocycles. The van der Waals surface area contributed by atoms with Crippen molar-refractivity contribution in [1.82, 2.24) is 0 Å². The average molecular weight is 190 g/mol. The molecule has 2 heteroatoms. The fourth-order valence-electron chi connectivity index (χ4n) is 1.40. The van der Waals surface area contributed by atoms with Gasteiger partial charge in [0.05, 0.1) is 25.9 Å². The van der Waals surface area contributed by atoms with Crippen molar-refractivity contribution in [2.75, 3.05) is 19.8 Å². The van der Waals surface area contributed by atoms with Crippen LogP contribution in [0.3, 0.4) is 0 Å². The molecule has 0 bridgehead atoms. The van der Waals surface area contributed by atoms with Gasteiger partial charge in [-0.3, -0.25) is 0 Å². The minimum absolute atomic E-state index is 0.115. The van der Waals surface area contributed by atoms with Gasteiger partial charge in [0.2, 0.25) is 0 Å². The third-order valence-corrected chi connectivity index (χ3v) is 2.14. The van der Waals surface area contributed by atoms with Crippen LogP contribution in [0.25, 0.3) is 6.08 Å². The lowest BCUT2D eigenvalue weighted by Crippen LogP contribution is -2.26. The molecule has 14 heavy (non-hydrogen) atoms. The Morgan fingerprint density at radius 1 is 1.14 bits per heavy atom. The van der Waals surface area contributed by atoms with Crippen LogP contribution in [0.2, 0.25) is 0 Å². The zero-order valence-electron chi connectivity index (χ0n) is 8.06. The van der Waals surface area contributed by atoms with Gasteiger partial charge in [-0.1, -0.05) is 42.5 Å². The van der Waals surface area contributed by atoms with Crippen LogP contribution < -0.4 is 0 Å². The normalized spacial score (nSPS) is 22.7. The SMILES string of the molecule is C(=C\[C@@H]1COCCO1)/c1ccccc1. The Morgan fingerprint density at radius 3 is 2.71 bits per heavy atom. The van der Waals surface area contributed by atoms with Crippen LogP contribution in [0.1, 0.15) is 5.56 Å². The van der Waals surface area contributed by atoms with E-state index in [9.17, 15) is 0 Å². The Balaban J connectivity index is 1.93. The number of hydrogen-bond donors (Lipinski definition) is 0. The van der Waals surface area contributed by atoms with Crippen molar-refractivity contribution in [2.24, 2.45) is 0 Å². The van der Waals surface area contributed by atoms with Crippen molar-refractivity contribution in [3.8, 4) is 0 Å². The molecule has 1 aliphatic rings. The summed E-state index contributed by atoms with van der Waals surface area (Å²) in [4.78, 5) is 0. The quantitative estimate of drug-likeness (QED) is 0.711. The molecule has 0 radical (unpaired) electrons.